The maximum Gasteiger partial charge on any atom is 0.137 e. The van der Waals surface area contributed by atoms with Crippen molar-refractivity contribution < 1.29 is 4.74 Å². The predicted octanol–water partition coefficient (Wildman–Crippen LogP) is 14.1. The first kappa shape index (κ1) is 36.0. The Kier molecular flexibility index (Phi) is 9.06. The van der Waals surface area contributed by atoms with Gasteiger partial charge in [-0.2, -0.15) is 0 Å². The molecule has 59 heavy (non-hydrogen) atoms. The van der Waals surface area contributed by atoms with Gasteiger partial charge in [0, 0.05) is 57.8 Å². The Hall–Kier alpha value is -7.37. The lowest BCUT2D eigenvalue weighted by Gasteiger charge is -2.31. The Morgan fingerprint density at radius 1 is 0.475 bits per heavy atom. The third kappa shape index (κ3) is 7.02. The van der Waals surface area contributed by atoms with Gasteiger partial charge < -0.3 is 14.5 Å². The molecular formula is C54H44N4O. The lowest BCUT2D eigenvalue weighted by atomic mass is 9.91. The van der Waals surface area contributed by atoms with Gasteiger partial charge in [0.05, 0.1) is 17.7 Å². The number of nitrogens with zero attached hydrogens (tertiary/aromatic N) is 4. The van der Waals surface area contributed by atoms with Crippen molar-refractivity contribution in [1.29, 1.82) is 0 Å². The number of aromatic nitrogens is 2. The molecule has 9 aromatic rings. The molecule has 0 unspecified atom stereocenters. The van der Waals surface area contributed by atoms with Crippen molar-refractivity contribution in [3.63, 3.8) is 0 Å². The molecule has 1 aliphatic heterocycles. The van der Waals surface area contributed by atoms with E-state index in [0.717, 1.165) is 56.2 Å². The summed E-state index contributed by atoms with van der Waals surface area (Å²) in [5, 5.41) is 2.33. The highest BCUT2D eigenvalue weighted by Gasteiger charge is 2.32. The lowest BCUT2D eigenvalue weighted by molar-refractivity contribution is 0.483. The summed E-state index contributed by atoms with van der Waals surface area (Å²) in [6, 6.07) is 66.4. The van der Waals surface area contributed by atoms with Crippen molar-refractivity contribution in [3.8, 4) is 50.7 Å². The zero-order chi connectivity index (χ0) is 39.9. The van der Waals surface area contributed by atoms with Crippen molar-refractivity contribution in [1.82, 2.24) is 9.55 Å². The molecule has 5 heteroatoms. The summed E-state index contributed by atoms with van der Waals surface area (Å²) < 4.78 is 9.10. The second-order valence-corrected chi connectivity index (χ2v) is 16.2. The molecule has 0 spiro atoms. The van der Waals surface area contributed by atoms with E-state index >= 15 is 0 Å². The SMILES string of the molecule is CC(C)(C)C1=CN(c2cc(Oc3ccc4c5ccccc5n(-c5ccccn5)c4c3)cc(-c3ccccc3)c2)CN1c1cc(-c2ccccc2)cc(-c2ccccc2)c1. The molecule has 0 fully saturated rings. The van der Waals surface area contributed by atoms with Crippen molar-refractivity contribution in [2.45, 2.75) is 20.8 Å². The van der Waals surface area contributed by atoms with Crippen LogP contribution in [0.5, 0.6) is 11.5 Å². The zero-order valence-corrected chi connectivity index (χ0v) is 33.5. The van der Waals surface area contributed by atoms with Gasteiger partial charge in [-0.3, -0.25) is 4.57 Å². The fraction of sp³-hybridized carbons (Fsp3) is 0.0926. The van der Waals surface area contributed by atoms with Crippen LogP contribution in [0.25, 0.3) is 61.0 Å². The Labute approximate surface area is 345 Å². The summed E-state index contributed by atoms with van der Waals surface area (Å²) >= 11 is 0. The summed E-state index contributed by atoms with van der Waals surface area (Å²) in [5.41, 5.74) is 12.4. The largest absolute Gasteiger partial charge is 0.457 e. The van der Waals surface area contributed by atoms with Gasteiger partial charge in [0.15, 0.2) is 0 Å². The molecule has 1 aliphatic rings. The van der Waals surface area contributed by atoms with Gasteiger partial charge in [0.1, 0.15) is 17.3 Å². The number of hydrogen-bond acceptors (Lipinski definition) is 4. The Bertz CT molecular complexity index is 2910. The highest BCUT2D eigenvalue weighted by Crippen LogP contribution is 2.43. The van der Waals surface area contributed by atoms with E-state index in [4.69, 9.17) is 9.72 Å². The third-order valence-electron chi connectivity index (χ3n) is 11.2. The van der Waals surface area contributed by atoms with E-state index in [1.165, 1.54) is 33.3 Å². The molecule has 5 nitrogen and oxygen atoms in total. The van der Waals surface area contributed by atoms with Crippen LogP contribution >= 0.6 is 0 Å². The molecule has 7 aromatic carbocycles. The fourth-order valence-electron chi connectivity index (χ4n) is 8.31. The van der Waals surface area contributed by atoms with Gasteiger partial charge in [0.2, 0.25) is 0 Å². The summed E-state index contributed by atoms with van der Waals surface area (Å²) in [7, 11) is 0. The summed E-state index contributed by atoms with van der Waals surface area (Å²) in [6.45, 7) is 7.53. The topological polar surface area (TPSA) is 33.5 Å². The van der Waals surface area contributed by atoms with E-state index in [1.807, 2.05) is 24.4 Å². The number of fused-ring (bicyclic) bond motifs is 3. The van der Waals surface area contributed by atoms with Crippen LogP contribution in [-0.4, -0.2) is 16.2 Å². The zero-order valence-electron chi connectivity index (χ0n) is 33.5. The maximum atomic E-state index is 6.88. The minimum Gasteiger partial charge on any atom is -0.457 e. The van der Waals surface area contributed by atoms with Crippen LogP contribution in [0.1, 0.15) is 20.8 Å². The molecule has 0 aliphatic carbocycles. The van der Waals surface area contributed by atoms with Crippen LogP contribution in [0.3, 0.4) is 0 Å². The molecule has 0 atom stereocenters. The lowest BCUT2D eigenvalue weighted by Crippen LogP contribution is -2.30. The molecule has 10 rings (SSSR count). The monoisotopic (exact) mass is 764 g/mol. The van der Waals surface area contributed by atoms with Crippen molar-refractivity contribution >= 4 is 33.2 Å². The van der Waals surface area contributed by atoms with Crippen LogP contribution in [0.15, 0.2) is 206 Å². The average molecular weight is 765 g/mol. The molecule has 0 amide bonds. The minimum atomic E-state index is -0.137. The quantitative estimate of drug-likeness (QED) is 0.154. The van der Waals surface area contributed by atoms with E-state index in [9.17, 15) is 0 Å². The molecule has 0 radical (unpaired) electrons. The first-order chi connectivity index (χ1) is 28.9. The van der Waals surface area contributed by atoms with Crippen molar-refractivity contribution in [2.24, 2.45) is 5.41 Å². The van der Waals surface area contributed by atoms with Crippen LogP contribution in [0.2, 0.25) is 0 Å². The Morgan fingerprint density at radius 3 is 1.68 bits per heavy atom. The Morgan fingerprint density at radius 2 is 1.05 bits per heavy atom. The van der Waals surface area contributed by atoms with Crippen LogP contribution < -0.4 is 14.5 Å². The predicted molar refractivity (Wildman–Crippen MR) is 245 cm³/mol. The van der Waals surface area contributed by atoms with E-state index in [0.29, 0.717) is 6.67 Å². The number of pyridine rings is 1. The first-order valence-corrected chi connectivity index (χ1v) is 20.2. The van der Waals surface area contributed by atoms with Crippen molar-refractivity contribution in [2.75, 3.05) is 16.5 Å². The molecule has 3 heterocycles. The number of allylic oxidation sites excluding steroid dienone is 1. The summed E-state index contributed by atoms with van der Waals surface area (Å²) in [4.78, 5) is 9.57. The van der Waals surface area contributed by atoms with Gasteiger partial charge in [-0.15, -0.1) is 0 Å². The minimum absolute atomic E-state index is 0.137. The fourth-order valence-corrected chi connectivity index (χ4v) is 8.31. The van der Waals surface area contributed by atoms with Gasteiger partial charge >= 0.3 is 0 Å². The molecular weight excluding hydrogens is 721 g/mol. The van der Waals surface area contributed by atoms with Gasteiger partial charge in [-0.05, 0) is 94.0 Å². The van der Waals surface area contributed by atoms with Crippen LogP contribution in [0, 0.1) is 5.41 Å². The van der Waals surface area contributed by atoms with Gasteiger partial charge in [-0.1, -0.05) is 136 Å². The number of anilines is 2. The first-order valence-electron chi connectivity index (χ1n) is 20.2. The second-order valence-electron chi connectivity index (χ2n) is 16.2. The number of hydrogen-bond donors (Lipinski definition) is 0. The van der Waals surface area contributed by atoms with Gasteiger partial charge in [-0.25, -0.2) is 4.98 Å². The van der Waals surface area contributed by atoms with Gasteiger partial charge in [0.25, 0.3) is 0 Å². The number of para-hydroxylation sites is 1. The Balaban J connectivity index is 1.07. The molecule has 286 valence electrons. The number of rotatable bonds is 8. The van der Waals surface area contributed by atoms with E-state index in [2.05, 4.69) is 211 Å². The molecule has 0 N–H and O–H groups in total. The molecule has 0 saturated carbocycles. The number of ether oxygens (including phenoxy) is 1. The van der Waals surface area contributed by atoms with Crippen LogP contribution in [-0.2, 0) is 0 Å². The highest BCUT2D eigenvalue weighted by atomic mass is 16.5. The maximum absolute atomic E-state index is 6.88. The molecule has 0 saturated heterocycles. The van der Waals surface area contributed by atoms with E-state index < -0.39 is 0 Å². The normalized spacial score (nSPS) is 13.0. The second kappa shape index (κ2) is 14.9. The summed E-state index contributed by atoms with van der Waals surface area (Å²) in [5.74, 6) is 2.39. The summed E-state index contributed by atoms with van der Waals surface area (Å²) in [6.07, 6.45) is 4.16. The average Bonchev–Trinajstić information content (AvgIpc) is 3.88. The molecule has 2 aromatic heterocycles. The van der Waals surface area contributed by atoms with E-state index in [1.54, 1.807) is 0 Å². The van der Waals surface area contributed by atoms with Crippen molar-refractivity contribution in [3.05, 3.63) is 206 Å². The number of benzene rings is 7. The highest BCUT2D eigenvalue weighted by molar-refractivity contribution is 6.09. The van der Waals surface area contributed by atoms with E-state index in [-0.39, 0.29) is 5.41 Å². The third-order valence-corrected chi connectivity index (χ3v) is 11.2. The molecule has 0 bridgehead atoms. The standard InChI is InChI=1S/C54H44N4O/c1-54(2,3)52-36-56(37-57(52)45-31-41(38-17-7-4-8-18-38)29-42(32-45)39-19-9-5-10-20-39)44-30-43(40-21-11-6-12-22-40)33-47(34-44)59-46-26-27-49-48-23-13-14-24-50(48)58(51(49)35-46)53-25-15-16-28-55-53/h4-36H,37H2,1-3H3. The smallest absolute Gasteiger partial charge is 0.137 e. The van der Waals surface area contributed by atoms with Crippen LogP contribution in [0.4, 0.5) is 11.4 Å².